The fourth-order valence-electron chi connectivity index (χ4n) is 8.01. The number of fused-ring (bicyclic) bond motifs is 7. The maximum absolute atomic E-state index is 11.4. The highest BCUT2D eigenvalue weighted by Crippen LogP contribution is 2.67. The summed E-state index contributed by atoms with van der Waals surface area (Å²) in [6.07, 6.45) is 11.0. The smallest absolute Gasteiger partial charge is 0.302 e. The number of carbonyl (C=O) groups is 1. The van der Waals surface area contributed by atoms with E-state index in [4.69, 9.17) is 9.57 Å². The Balaban J connectivity index is 1.42. The van der Waals surface area contributed by atoms with Crippen molar-refractivity contribution in [2.24, 2.45) is 39.7 Å². The van der Waals surface area contributed by atoms with Crippen LogP contribution < -0.4 is 0 Å². The summed E-state index contributed by atoms with van der Waals surface area (Å²) >= 11 is 0. The summed E-state index contributed by atoms with van der Waals surface area (Å²) in [5, 5.41) is 4.34. The fourth-order valence-corrected chi connectivity index (χ4v) is 8.01. The minimum atomic E-state index is -0.138. The van der Waals surface area contributed by atoms with Crippen molar-refractivity contribution in [3.63, 3.8) is 0 Å². The van der Waals surface area contributed by atoms with E-state index in [1.807, 2.05) is 0 Å². The van der Waals surface area contributed by atoms with Gasteiger partial charge in [0.05, 0.1) is 5.71 Å². The molecule has 0 N–H and O–H groups in total. The summed E-state index contributed by atoms with van der Waals surface area (Å²) in [6.45, 7) is 8.72. The van der Waals surface area contributed by atoms with Crippen LogP contribution in [0.5, 0.6) is 0 Å². The molecule has 0 aromatic carbocycles. The maximum Gasteiger partial charge on any atom is 0.302 e. The molecule has 0 aromatic rings. The molecule has 0 aromatic heterocycles. The summed E-state index contributed by atoms with van der Waals surface area (Å²) in [5.41, 5.74) is 3.44. The molecule has 4 aliphatic carbocycles. The predicted octanol–water partition coefficient (Wildman–Crippen LogP) is 4.88. The van der Waals surface area contributed by atoms with Gasteiger partial charge >= 0.3 is 5.97 Å². The molecule has 3 fully saturated rings. The standard InChI is InChI=1S/C23H33NO3/c1-13-21-20(27-24-13)12-19-17-6-5-15-11-16(26-14(2)25)7-9-22(15,3)18(17)8-10-23(19,21)4/h5,16-21H,6-12H2,1-4H3/t16-,17+,18-,19-,20+,21-,22-,23-/m0/s1. The van der Waals surface area contributed by atoms with E-state index in [1.54, 1.807) is 5.57 Å². The summed E-state index contributed by atoms with van der Waals surface area (Å²) in [5.74, 6) is 2.68. The minimum Gasteiger partial charge on any atom is -0.462 e. The van der Waals surface area contributed by atoms with E-state index in [0.29, 0.717) is 22.9 Å². The van der Waals surface area contributed by atoms with Crippen molar-refractivity contribution in [3.8, 4) is 0 Å². The molecule has 1 aliphatic heterocycles. The number of oxime groups is 1. The Labute approximate surface area is 162 Å². The zero-order valence-corrected chi connectivity index (χ0v) is 17.2. The molecule has 27 heavy (non-hydrogen) atoms. The third-order valence-electron chi connectivity index (χ3n) is 9.18. The molecule has 5 aliphatic rings. The van der Waals surface area contributed by atoms with Crippen molar-refractivity contribution in [2.45, 2.75) is 84.8 Å². The van der Waals surface area contributed by atoms with Gasteiger partial charge in [-0.2, -0.15) is 0 Å². The Morgan fingerprint density at radius 3 is 2.85 bits per heavy atom. The summed E-state index contributed by atoms with van der Waals surface area (Å²) < 4.78 is 5.56. The van der Waals surface area contributed by atoms with E-state index in [9.17, 15) is 4.79 Å². The molecule has 1 heterocycles. The number of hydrogen-bond acceptors (Lipinski definition) is 4. The predicted molar refractivity (Wildman–Crippen MR) is 104 cm³/mol. The van der Waals surface area contributed by atoms with E-state index < -0.39 is 0 Å². The van der Waals surface area contributed by atoms with Crippen LogP contribution in [0.1, 0.15) is 72.6 Å². The first-order chi connectivity index (χ1) is 12.8. The topological polar surface area (TPSA) is 47.9 Å². The molecular formula is C23H33NO3. The van der Waals surface area contributed by atoms with E-state index in [2.05, 4.69) is 32.0 Å². The van der Waals surface area contributed by atoms with Crippen LogP contribution in [0.3, 0.4) is 0 Å². The van der Waals surface area contributed by atoms with Gasteiger partial charge in [0.25, 0.3) is 0 Å². The highest BCUT2D eigenvalue weighted by Gasteiger charge is 2.63. The zero-order valence-electron chi connectivity index (χ0n) is 17.2. The first-order valence-corrected chi connectivity index (χ1v) is 10.9. The SMILES string of the molecule is CC(=O)O[C@H]1CC[C@@]2(C)C(=CC[C@H]3[C@@H]4C[C@H]5ON=C(C)[C@@H]5[C@@]4(C)CC[C@@H]32)C1. The molecule has 148 valence electrons. The second-order valence-electron chi connectivity index (χ2n) is 10.4. The maximum atomic E-state index is 11.4. The molecule has 8 atom stereocenters. The molecule has 4 nitrogen and oxygen atoms in total. The monoisotopic (exact) mass is 371 g/mol. The summed E-state index contributed by atoms with van der Waals surface area (Å²) in [4.78, 5) is 17.2. The number of carbonyl (C=O) groups excluding carboxylic acids is 1. The second-order valence-corrected chi connectivity index (χ2v) is 10.4. The van der Waals surface area contributed by atoms with Crippen molar-refractivity contribution in [3.05, 3.63) is 11.6 Å². The van der Waals surface area contributed by atoms with Crippen LogP contribution in [-0.2, 0) is 14.4 Å². The molecule has 4 heteroatoms. The lowest BCUT2D eigenvalue weighted by Crippen LogP contribution is -2.51. The summed E-state index contributed by atoms with van der Waals surface area (Å²) in [7, 11) is 0. The largest absolute Gasteiger partial charge is 0.462 e. The van der Waals surface area contributed by atoms with Gasteiger partial charge in [0.15, 0.2) is 0 Å². The van der Waals surface area contributed by atoms with Gasteiger partial charge < -0.3 is 9.57 Å². The number of ether oxygens (including phenoxy) is 1. The van der Waals surface area contributed by atoms with Crippen LogP contribution in [-0.4, -0.2) is 23.9 Å². The molecule has 0 spiro atoms. The highest BCUT2D eigenvalue weighted by atomic mass is 16.6. The van der Waals surface area contributed by atoms with Crippen LogP contribution in [0.4, 0.5) is 0 Å². The minimum absolute atomic E-state index is 0.0883. The van der Waals surface area contributed by atoms with Crippen LogP contribution in [0.25, 0.3) is 0 Å². The van der Waals surface area contributed by atoms with E-state index in [1.165, 1.54) is 38.3 Å². The van der Waals surface area contributed by atoms with Gasteiger partial charge in [0.2, 0.25) is 0 Å². The lowest BCUT2D eigenvalue weighted by molar-refractivity contribution is -0.148. The van der Waals surface area contributed by atoms with Crippen LogP contribution in [0.15, 0.2) is 16.8 Å². The number of esters is 1. The van der Waals surface area contributed by atoms with Crippen LogP contribution in [0.2, 0.25) is 0 Å². The van der Waals surface area contributed by atoms with Gasteiger partial charge in [-0.1, -0.05) is 30.7 Å². The first kappa shape index (κ1) is 17.8. The normalized spacial score (nSPS) is 50.4. The van der Waals surface area contributed by atoms with Crippen molar-refractivity contribution >= 4 is 11.7 Å². The Morgan fingerprint density at radius 1 is 1.26 bits per heavy atom. The molecule has 0 amide bonds. The van der Waals surface area contributed by atoms with E-state index >= 15 is 0 Å². The van der Waals surface area contributed by atoms with Crippen LogP contribution in [0, 0.1) is 34.5 Å². The quantitative estimate of drug-likeness (QED) is 0.487. The van der Waals surface area contributed by atoms with Crippen molar-refractivity contribution in [1.29, 1.82) is 0 Å². The Bertz CT molecular complexity index is 727. The Hall–Kier alpha value is -1.32. The van der Waals surface area contributed by atoms with Gasteiger partial charge in [-0.25, -0.2) is 0 Å². The number of nitrogens with zero attached hydrogens (tertiary/aromatic N) is 1. The highest BCUT2D eigenvalue weighted by molar-refractivity contribution is 5.86. The van der Waals surface area contributed by atoms with Gasteiger partial charge in [0.1, 0.15) is 12.2 Å². The molecule has 0 saturated heterocycles. The first-order valence-electron chi connectivity index (χ1n) is 10.9. The Morgan fingerprint density at radius 2 is 2.07 bits per heavy atom. The number of allylic oxidation sites excluding steroid dienone is 1. The van der Waals surface area contributed by atoms with E-state index in [0.717, 1.165) is 37.0 Å². The third-order valence-corrected chi connectivity index (χ3v) is 9.18. The van der Waals surface area contributed by atoms with Crippen LogP contribution >= 0.6 is 0 Å². The number of hydrogen-bond donors (Lipinski definition) is 0. The van der Waals surface area contributed by atoms with Gasteiger partial charge in [-0.15, -0.1) is 0 Å². The lowest BCUT2D eigenvalue weighted by Gasteiger charge is -2.57. The summed E-state index contributed by atoms with van der Waals surface area (Å²) in [6, 6.07) is 0. The van der Waals surface area contributed by atoms with E-state index in [-0.39, 0.29) is 12.1 Å². The number of rotatable bonds is 1. The van der Waals surface area contributed by atoms with Crippen molar-refractivity contribution in [1.82, 2.24) is 0 Å². The molecule has 0 bridgehead atoms. The van der Waals surface area contributed by atoms with Gasteiger partial charge in [-0.3, -0.25) is 4.79 Å². The fraction of sp³-hybridized carbons (Fsp3) is 0.826. The van der Waals surface area contributed by atoms with Crippen molar-refractivity contribution < 1.29 is 14.4 Å². The zero-order chi connectivity index (χ0) is 19.0. The Kier molecular flexibility index (Phi) is 3.84. The molecule has 0 radical (unpaired) electrons. The molecule has 0 unspecified atom stereocenters. The molecule has 3 saturated carbocycles. The van der Waals surface area contributed by atoms with Gasteiger partial charge in [-0.05, 0) is 74.0 Å². The van der Waals surface area contributed by atoms with Crippen molar-refractivity contribution in [2.75, 3.05) is 0 Å². The third kappa shape index (κ3) is 2.40. The second kappa shape index (κ2) is 5.84. The molecular weight excluding hydrogens is 338 g/mol. The van der Waals surface area contributed by atoms with Gasteiger partial charge in [0, 0.05) is 19.3 Å². The average molecular weight is 372 g/mol. The average Bonchev–Trinajstić information content (AvgIpc) is 3.12. The molecule has 5 rings (SSSR count). The lowest BCUT2D eigenvalue weighted by atomic mass is 9.47.